The number of rotatable bonds is 6. The van der Waals surface area contributed by atoms with E-state index in [4.69, 9.17) is 0 Å². The van der Waals surface area contributed by atoms with Crippen molar-refractivity contribution in [1.82, 2.24) is 20.1 Å². The lowest BCUT2D eigenvalue weighted by Crippen LogP contribution is -2.33. The van der Waals surface area contributed by atoms with Gasteiger partial charge in [0.1, 0.15) is 0 Å². The second-order valence-electron chi connectivity index (χ2n) is 3.26. The third kappa shape index (κ3) is 3.82. The van der Waals surface area contributed by atoms with Gasteiger partial charge in [-0.05, 0) is 19.5 Å². The van der Waals surface area contributed by atoms with Crippen molar-refractivity contribution in [2.24, 2.45) is 7.05 Å². The van der Waals surface area contributed by atoms with Crippen molar-refractivity contribution >= 4 is 11.8 Å². The summed E-state index contributed by atoms with van der Waals surface area (Å²) >= 11 is 1.46. The van der Waals surface area contributed by atoms with E-state index in [0.717, 1.165) is 25.3 Å². The van der Waals surface area contributed by atoms with Gasteiger partial charge in [0.05, 0.1) is 0 Å². The van der Waals surface area contributed by atoms with E-state index in [1.165, 1.54) is 16.4 Å². The van der Waals surface area contributed by atoms with E-state index in [2.05, 4.69) is 22.3 Å². The number of thioether (sulfide) groups is 1. The van der Waals surface area contributed by atoms with E-state index >= 15 is 0 Å². The van der Waals surface area contributed by atoms with Gasteiger partial charge in [-0.1, -0.05) is 18.7 Å². The predicted octanol–water partition coefficient (Wildman–Crippen LogP) is -0.440. The second kappa shape index (κ2) is 6.49. The standard InChI is InChI=1S/C9H16N4O2S/c1-3-10-5-4-6-16-9-11-7(14)8(15)12-13(9)2/h10H,3-6H2,1-2H3,(H,12,15). The topological polar surface area (TPSA) is 79.8 Å². The quantitative estimate of drug-likeness (QED) is 0.403. The number of nitrogens with zero attached hydrogens (tertiary/aromatic N) is 2. The molecule has 0 aromatic carbocycles. The van der Waals surface area contributed by atoms with E-state index in [1.54, 1.807) is 7.05 Å². The Kier molecular flexibility index (Phi) is 5.27. The van der Waals surface area contributed by atoms with Gasteiger partial charge < -0.3 is 5.32 Å². The largest absolute Gasteiger partial charge is 0.339 e. The van der Waals surface area contributed by atoms with Crippen LogP contribution in [0.3, 0.4) is 0 Å². The van der Waals surface area contributed by atoms with Crippen LogP contribution in [0.15, 0.2) is 14.7 Å². The summed E-state index contributed by atoms with van der Waals surface area (Å²) in [4.78, 5) is 25.7. The summed E-state index contributed by atoms with van der Waals surface area (Å²) in [5.74, 6) is 0.860. The van der Waals surface area contributed by atoms with Crippen molar-refractivity contribution in [1.29, 1.82) is 0 Å². The Balaban J connectivity index is 2.51. The molecule has 1 heterocycles. The number of nitrogens with one attached hydrogen (secondary N) is 2. The zero-order valence-corrected chi connectivity index (χ0v) is 10.3. The van der Waals surface area contributed by atoms with Crippen molar-refractivity contribution in [3.63, 3.8) is 0 Å². The highest BCUT2D eigenvalue weighted by atomic mass is 32.2. The fourth-order valence-electron chi connectivity index (χ4n) is 1.13. The molecule has 0 radical (unpaired) electrons. The first-order chi connectivity index (χ1) is 7.65. The van der Waals surface area contributed by atoms with Crippen LogP contribution in [0.1, 0.15) is 13.3 Å². The molecule has 0 saturated carbocycles. The Morgan fingerprint density at radius 2 is 2.25 bits per heavy atom. The first-order valence-electron chi connectivity index (χ1n) is 5.16. The van der Waals surface area contributed by atoms with Crippen molar-refractivity contribution in [2.75, 3.05) is 18.8 Å². The molecule has 0 unspecified atom stereocenters. The molecular weight excluding hydrogens is 228 g/mol. The van der Waals surface area contributed by atoms with E-state index in [-0.39, 0.29) is 0 Å². The Hall–Kier alpha value is -1.08. The zero-order valence-electron chi connectivity index (χ0n) is 9.45. The maximum atomic E-state index is 11.0. The molecule has 0 atom stereocenters. The summed E-state index contributed by atoms with van der Waals surface area (Å²) in [6, 6.07) is 0. The van der Waals surface area contributed by atoms with Crippen LogP contribution < -0.4 is 16.4 Å². The number of aryl methyl sites for hydroxylation is 1. The van der Waals surface area contributed by atoms with Crippen molar-refractivity contribution < 1.29 is 0 Å². The smallest absolute Gasteiger partial charge is 0.317 e. The lowest BCUT2D eigenvalue weighted by molar-refractivity contribution is 0.596. The summed E-state index contributed by atoms with van der Waals surface area (Å²) < 4.78 is 1.47. The molecule has 0 saturated heterocycles. The highest BCUT2D eigenvalue weighted by molar-refractivity contribution is 7.99. The molecule has 6 nitrogen and oxygen atoms in total. The molecule has 1 rings (SSSR count). The highest BCUT2D eigenvalue weighted by Crippen LogP contribution is 2.11. The van der Waals surface area contributed by atoms with Crippen LogP contribution in [0.25, 0.3) is 0 Å². The molecule has 1 aromatic rings. The van der Waals surface area contributed by atoms with Crippen LogP contribution in [0.5, 0.6) is 0 Å². The van der Waals surface area contributed by atoms with Crippen LogP contribution in [-0.2, 0) is 7.05 Å². The molecule has 0 amide bonds. The molecule has 0 spiro atoms. The fraction of sp³-hybridized carbons (Fsp3) is 0.667. The van der Waals surface area contributed by atoms with E-state index in [1.807, 2.05) is 0 Å². The summed E-state index contributed by atoms with van der Waals surface area (Å²) in [7, 11) is 1.67. The van der Waals surface area contributed by atoms with Crippen LogP contribution >= 0.6 is 11.8 Å². The van der Waals surface area contributed by atoms with Crippen molar-refractivity contribution in [3.8, 4) is 0 Å². The van der Waals surface area contributed by atoms with Gasteiger partial charge in [-0.2, -0.15) is 4.98 Å². The number of H-pyrrole nitrogens is 1. The third-order valence-corrected chi connectivity index (χ3v) is 3.04. The summed E-state index contributed by atoms with van der Waals surface area (Å²) in [5, 5.41) is 6.16. The summed E-state index contributed by atoms with van der Waals surface area (Å²) in [5.41, 5.74) is -1.41. The minimum atomic E-state index is -0.729. The molecule has 0 aliphatic heterocycles. The molecule has 0 fully saturated rings. The Morgan fingerprint density at radius 1 is 1.50 bits per heavy atom. The van der Waals surface area contributed by atoms with Gasteiger partial charge >= 0.3 is 11.1 Å². The minimum absolute atomic E-state index is 0.543. The normalized spacial score (nSPS) is 10.6. The maximum Gasteiger partial charge on any atom is 0.339 e. The van der Waals surface area contributed by atoms with Crippen LogP contribution in [-0.4, -0.2) is 33.6 Å². The Morgan fingerprint density at radius 3 is 2.94 bits per heavy atom. The summed E-state index contributed by atoms with van der Waals surface area (Å²) in [6.45, 7) is 3.96. The third-order valence-electron chi connectivity index (χ3n) is 1.93. The number of aromatic nitrogens is 3. The van der Waals surface area contributed by atoms with Crippen LogP contribution in [0, 0.1) is 0 Å². The first-order valence-corrected chi connectivity index (χ1v) is 6.14. The average Bonchev–Trinajstić information content (AvgIpc) is 2.25. The molecule has 7 heteroatoms. The van der Waals surface area contributed by atoms with Crippen LogP contribution in [0.4, 0.5) is 0 Å². The van der Waals surface area contributed by atoms with E-state index in [0.29, 0.717) is 5.16 Å². The van der Waals surface area contributed by atoms with Crippen molar-refractivity contribution in [2.45, 2.75) is 18.5 Å². The number of hydrogen-bond acceptors (Lipinski definition) is 5. The highest BCUT2D eigenvalue weighted by Gasteiger charge is 2.03. The minimum Gasteiger partial charge on any atom is -0.317 e. The van der Waals surface area contributed by atoms with Gasteiger partial charge in [0, 0.05) is 12.8 Å². The maximum absolute atomic E-state index is 11.0. The van der Waals surface area contributed by atoms with Gasteiger partial charge in [0.25, 0.3) is 0 Å². The van der Waals surface area contributed by atoms with Gasteiger partial charge in [-0.15, -0.1) is 0 Å². The fourth-order valence-corrected chi connectivity index (χ4v) is 1.99. The Labute approximate surface area is 97.5 Å². The molecule has 2 N–H and O–H groups in total. The lowest BCUT2D eigenvalue weighted by atomic mass is 10.5. The zero-order chi connectivity index (χ0) is 12.0. The molecule has 90 valence electrons. The second-order valence-corrected chi connectivity index (χ2v) is 4.32. The van der Waals surface area contributed by atoms with Gasteiger partial charge in [0.2, 0.25) is 0 Å². The molecule has 16 heavy (non-hydrogen) atoms. The Bertz CT molecular complexity index is 440. The first kappa shape index (κ1) is 13.0. The van der Waals surface area contributed by atoms with Crippen LogP contribution in [0.2, 0.25) is 0 Å². The lowest BCUT2D eigenvalue weighted by Gasteiger charge is -2.05. The SMILES string of the molecule is CCNCCCSc1nc(=O)c(=O)[nH]n1C. The van der Waals surface area contributed by atoms with E-state index < -0.39 is 11.1 Å². The monoisotopic (exact) mass is 244 g/mol. The number of hydrogen-bond donors (Lipinski definition) is 2. The molecule has 0 aliphatic rings. The number of aromatic amines is 1. The van der Waals surface area contributed by atoms with Gasteiger partial charge in [-0.3, -0.25) is 19.4 Å². The molecule has 1 aromatic heterocycles. The van der Waals surface area contributed by atoms with Gasteiger partial charge in [-0.25, -0.2) is 0 Å². The average molecular weight is 244 g/mol. The summed E-state index contributed by atoms with van der Waals surface area (Å²) in [6.07, 6.45) is 0.994. The predicted molar refractivity (Wildman–Crippen MR) is 64.0 cm³/mol. The molecule has 0 bridgehead atoms. The van der Waals surface area contributed by atoms with Gasteiger partial charge in [0.15, 0.2) is 5.16 Å². The molecule has 0 aliphatic carbocycles. The van der Waals surface area contributed by atoms with E-state index in [9.17, 15) is 9.59 Å². The van der Waals surface area contributed by atoms with Crippen molar-refractivity contribution in [3.05, 3.63) is 20.7 Å². The molecular formula is C9H16N4O2S.